The van der Waals surface area contributed by atoms with Crippen LogP contribution in [0.4, 0.5) is 11.6 Å². The van der Waals surface area contributed by atoms with E-state index in [1.807, 2.05) is 17.7 Å². The van der Waals surface area contributed by atoms with Gasteiger partial charge in [-0.15, -0.1) is 0 Å². The Morgan fingerprint density at radius 3 is 2.93 bits per heavy atom. The van der Waals surface area contributed by atoms with E-state index in [0.29, 0.717) is 16.8 Å². The van der Waals surface area contributed by atoms with E-state index in [-0.39, 0.29) is 5.91 Å². The minimum atomic E-state index is -0.0667. The van der Waals surface area contributed by atoms with Gasteiger partial charge < -0.3 is 9.47 Å². The minimum absolute atomic E-state index is 0.0667. The van der Waals surface area contributed by atoms with Gasteiger partial charge in [0, 0.05) is 36.2 Å². The summed E-state index contributed by atoms with van der Waals surface area (Å²) < 4.78 is 1.93. The first-order valence-corrected chi connectivity index (χ1v) is 10.3. The molecular weight excluding hydrogens is 404 g/mol. The van der Waals surface area contributed by atoms with Gasteiger partial charge in [-0.1, -0.05) is 34.2 Å². The number of carbonyl (C=O) groups excluding carboxylic acids is 1. The summed E-state index contributed by atoms with van der Waals surface area (Å²) in [4.78, 5) is 19.9. The van der Waals surface area contributed by atoms with Gasteiger partial charge in [0.1, 0.15) is 0 Å². The topological polar surface area (TPSA) is 50.2 Å². The third kappa shape index (κ3) is 4.43. The van der Waals surface area contributed by atoms with Gasteiger partial charge in [0.25, 0.3) is 5.91 Å². The lowest BCUT2D eigenvalue weighted by Gasteiger charge is -2.23. The third-order valence-corrected chi connectivity index (χ3v) is 5.86. The second-order valence-electron chi connectivity index (χ2n) is 7.27. The maximum absolute atomic E-state index is 12.8. The first-order chi connectivity index (χ1) is 12.9. The molecule has 5 nitrogen and oxygen atoms in total. The van der Waals surface area contributed by atoms with Crippen LogP contribution in [0.2, 0.25) is 0 Å². The number of amides is 1. The van der Waals surface area contributed by atoms with Crippen LogP contribution in [0.25, 0.3) is 11.0 Å². The number of benzene rings is 1. The van der Waals surface area contributed by atoms with E-state index in [9.17, 15) is 4.79 Å². The van der Waals surface area contributed by atoms with Crippen molar-refractivity contribution in [2.24, 2.45) is 7.05 Å². The molecule has 3 rings (SSSR count). The summed E-state index contributed by atoms with van der Waals surface area (Å²) in [5.41, 5.74) is 3.82. The number of aromatic nitrogens is 2. The highest BCUT2D eigenvalue weighted by atomic mass is 79.9. The fraction of sp³-hybridized carbons (Fsp3) is 0.429. The van der Waals surface area contributed by atoms with Crippen LogP contribution in [0.3, 0.4) is 0 Å². The van der Waals surface area contributed by atoms with Crippen LogP contribution in [0.5, 0.6) is 0 Å². The molecule has 1 amide bonds. The second kappa shape index (κ2) is 8.30. The molecule has 1 N–H and O–H groups in total. The molecule has 1 unspecified atom stereocenters. The van der Waals surface area contributed by atoms with Crippen molar-refractivity contribution in [1.29, 1.82) is 0 Å². The predicted molar refractivity (Wildman–Crippen MR) is 117 cm³/mol. The van der Waals surface area contributed by atoms with Crippen molar-refractivity contribution in [3.05, 3.63) is 42.0 Å². The Morgan fingerprint density at radius 2 is 2.19 bits per heavy atom. The molecule has 0 aliphatic heterocycles. The smallest absolute Gasteiger partial charge is 0.253 e. The number of imidazole rings is 1. The van der Waals surface area contributed by atoms with Crippen LogP contribution >= 0.6 is 15.9 Å². The van der Waals surface area contributed by atoms with Crippen molar-refractivity contribution in [3.63, 3.8) is 0 Å². The Morgan fingerprint density at radius 1 is 1.41 bits per heavy atom. The zero-order valence-electron chi connectivity index (χ0n) is 16.4. The van der Waals surface area contributed by atoms with Crippen LogP contribution in [0, 0.1) is 0 Å². The molecule has 6 heteroatoms. The van der Waals surface area contributed by atoms with Crippen molar-refractivity contribution in [3.8, 4) is 0 Å². The average molecular weight is 431 g/mol. The summed E-state index contributed by atoms with van der Waals surface area (Å²) >= 11 is 3.61. The molecule has 1 aromatic carbocycles. The Hall–Kier alpha value is -2.08. The largest absolute Gasteiger partial charge is 0.372 e. The standard InChI is InChI=1S/C21H27BrN4O/c1-14(2)25(3)17-11-12-19-18(13-17)23-21(26(19)4)24-20(27)15-7-5-6-8-16(22)10-9-15/h6-8,11-14,16H,5,9-10H2,1-4H3,(H,23,24,27)/b8-6-,15-7+. The Kier molecular flexibility index (Phi) is 6.05. The van der Waals surface area contributed by atoms with Crippen LogP contribution in [0.15, 0.2) is 42.0 Å². The number of nitrogens with zero attached hydrogens (tertiary/aromatic N) is 3. The number of anilines is 2. The zero-order valence-corrected chi connectivity index (χ0v) is 18.0. The molecule has 0 bridgehead atoms. The number of halogens is 1. The summed E-state index contributed by atoms with van der Waals surface area (Å²) in [6.07, 6.45) is 8.67. The highest BCUT2D eigenvalue weighted by Gasteiger charge is 2.17. The van der Waals surface area contributed by atoms with Gasteiger partial charge in [-0.25, -0.2) is 4.98 Å². The van der Waals surface area contributed by atoms with Gasteiger partial charge in [-0.05, 0) is 51.3 Å². The predicted octanol–water partition coefficient (Wildman–Crippen LogP) is 4.79. The number of fused-ring (bicyclic) bond motifs is 1. The van der Waals surface area contributed by atoms with E-state index in [1.165, 1.54) is 0 Å². The van der Waals surface area contributed by atoms with E-state index in [4.69, 9.17) is 0 Å². The van der Waals surface area contributed by atoms with Crippen LogP contribution in [-0.4, -0.2) is 33.4 Å². The van der Waals surface area contributed by atoms with Gasteiger partial charge in [0.2, 0.25) is 5.95 Å². The van der Waals surface area contributed by atoms with E-state index in [1.54, 1.807) is 0 Å². The Balaban J connectivity index is 1.83. The monoisotopic (exact) mass is 430 g/mol. The summed E-state index contributed by atoms with van der Waals surface area (Å²) in [7, 11) is 4.00. The number of carbonyl (C=O) groups is 1. The van der Waals surface area contributed by atoms with E-state index >= 15 is 0 Å². The number of aryl methyl sites for hydroxylation is 1. The molecule has 1 aliphatic rings. The molecule has 0 fully saturated rings. The molecule has 0 saturated carbocycles. The molecular formula is C21H27BrN4O. The van der Waals surface area contributed by atoms with Gasteiger partial charge in [-0.3, -0.25) is 10.1 Å². The molecule has 1 aliphatic carbocycles. The highest BCUT2D eigenvalue weighted by molar-refractivity contribution is 9.09. The number of alkyl halides is 1. The lowest BCUT2D eigenvalue weighted by atomic mass is 10.0. The molecule has 1 heterocycles. The first-order valence-electron chi connectivity index (χ1n) is 9.37. The molecule has 2 aromatic rings. The maximum Gasteiger partial charge on any atom is 0.253 e. The Bertz CT molecular complexity index is 897. The summed E-state index contributed by atoms with van der Waals surface area (Å²) in [5, 5.41) is 3.00. The van der Waals surface area contributed by atoms with Crippen molar-refractivity contribution in [2.75, 3.05) is 17.3 Å². The summed E-state index contributed by atoms with van der Waals surface area (Å²) in [5.74, 6) is 0.510. The number of rotatable bonds is 4. The number of hydrogen-bond acceptors (Lipinski definition) is 3. The fourth-order valence-electron chi connectivity index (χ4n) is 3.13. The fourth-order valence-corrected chi connectivity index (χ4v) is 3.58. The van der Waals surface area contributed by atoms with Crippen molar-refractivity contribution in [2.45, 2.75) is 44.0 Å². The summed E-state index contributed by atoms with van der Waals surface area (Å²) in [6.45, 7) is 4.31. The van der Waals surface area contributed by atoms with Crippen molar-refractivity contribution < 1.29 is 4.79 Å². The normalized spacial score (nSPS) is 20.7. The SMILES string of the molecule is CC(C)N(C)c1ccc2c(c1)nc(NC(=O)/C1=C/C/C=C\C(Br)CC1)n2C. The van der Waals surface area contributed by atoms with Gasteiger partial charge in [0.15, 0.2) is 0 Å². The van der Waals surface area contributed by atoms with Crippen LogP contribution < -0.4 is 10.2 Å². The van der Waals surface area contributed by atoms with Crippen molar-refractivity contribution in [1.82, 2.24) is 9.55 Å². The van der Waals surface area contributed by atoms with Gasteiger partial charge >= 0.3 is 0 Å². The number of nitrogens with one attached hydrogen (secondary N) is 1. The van der Waals surface area contributed by atoms with E-state index < -0.39 is 0 Å². The third-order valence-electron chi connectivity index (χ3n) is 5.10. The highest BCUT2D eigenvalue weighted by Crippen LogP contribution is 2.25. The van der Waals surface area contributed by atoms with E-state index in [2.05, 4.69) is 82.4 Å². The zero-order chi connectivity index (χ0) is 19.6. The van der Waals surface area contributed by atoms with Crippen LogP contribution in [-0.2, 0) is 11.8 Å². The molecule has 0 saturated heterocycles. The Labute approximate surface area is 169 Å². The first kappa shape index (κ1) is 19.7. The average Bonchev–Trinajstić information content (AvgIpc) is 2.92. The number of allylic oxidation sites excluding steroid dienone is 3. The lowest BCUT2D eigenvalue weighted by Crippen LogP contribution is -2.25. The molecule has 0 spiro atoms. The van der Waals surface area contributed by atoms with Gasteiger partial charge in [0.05, 0.1) is 11.0 Å². The number of hydrogen-bond donors (Lipinski definition) is 1. The molecule has 144 valence electrons. The second-order valence-corrected chi connectivity index (χ2v) is 8.45. The van der Waals surface area contributed by atoms with E-state index in [0.717, 1.165) is 41.6 Å². The lowest BCUT2D eigenvalue weighted by molar-refractivity contribution is -0.113. The minimum Gasteiger partial charge on any atom is -0.372 e. The molecule has 27 heavy (non-hydrogen) atoms. The maximum atomic E-state index is 12.8. The molecule has 1 atom stereocenters. The molecule has 0 radical (unpaired) electrons. The van der Waals surface area contributed by atoms with Gasteiger partial charge in [-0.2, -0.15) is 0 Å². The summed E-state index contributed by atoms with van der Waals surface area (Å²) in [6, 6.07) is 6.63. The van der Waals surface area contributed by atoms with Crippen LogP contribution in [0.1, 0.15) is 33.1 Å². The quantitative estimate of drug-likeness (QED) is 0.560. The molecule has 1 aromatic heterocycles. The van der Waals surface area contributed by atoms with Crippen molar-refractivity contribution >= 4 is 44.5 Å².